The van der Waals surface area contributed by atoms with E-state index >= 15 is 0 Å². The van der Waals surface area contributed by atoms with Gasteiger partial charge in [0.25, 0.3) is 5.82 Å². The zero-order valence-corrected chi connectivity index (χ0v) is 13.9. The topological polar surface area (TPSA) is 110 Å². The van der Waals surface area contributed by atoms with Crippen molar-refractivity contribution in [2.24, 2.45) is 0 Å². The lowest BCUT2D eigenvalue weighted by molar-refractivity contribution is -0.116. The number of anilines is 1. The van der Waals surface area contributed by atoms with Crippen molar-refractivity contribution < 1.29 is 14.3 Å². The fourth-order valence-corrected chi connectivity index (χ4v) is 3.94. The molecule has 1 aliphatic carbocycles. The number of esters is 1. The summed E-state index contributed by atoms with van der Waals surface area (Å²) in [5.74, 6) is -0.736. The van der Waals surface area contributed by atoms with Gasteiger partial charge >= 0.3 is 5.97 Å². The minimum Gasteiger partial charge on any atom is -0.462 e. The zero-order chi connectivity index (χ0) is 17.1. The van der Waals surface area contributed by atoms with Crippen LogP contribution >= 0.6 is 11.3 Å². The summed E-state index contributed by atoms with van der Waals surface area (Å²) in [6.45, 7) is 1.95. The van der Waals surface area contributed by atoms with E-state index in [1.807, 2.05) is 0 Å². The molecule has 0 aromatic carbocycles. The van der Waals surface area contributed by atoms with Crippen molar-refractivity contribution in [1.82, 2.24) is 14.8 Å². The van der Waals surface area contributed by atoms with E-state index in [1.54, 1.807) is 13.0 Å². The Hall–Kier alpha value is -2.73. The molecule has 2 heterocycles. The second-order valence-corrected chi connectivity index (χ2v) is 6.31. The number of fused-ring (bicyclic) bond motifs is 1. The van der Waals surface area contributed by atoms with Gasteiger partial charge in [-0.25, -0.2) is 14.5 Å². The van der Waals surface area contributed by atoms with Crippen LogP contribution in [0.3, 0.4) is 0 Å². The Morgan fingerprint density at radius 2 is 2.33 bits per heavy atom. The van der Waals surface area contributed by atoms with E-state index < -0.39 is 5.97 Å². The van der Waals surface area contributed by atoms with Crippen molar-refractivity contribution in [3.05, 3.63) is 28.2 Å². The quantitative estimate of drug-likeness (QED) is 0.823. The lowest BCUT2D eigenvalue weighted by Gasteiger charge is -2.07. The number of amides is 1. The van der Waals surface area contributed by atoms with E-state index in [4.69, 9.17) is 10.00 Å². The maximum atomic E-state index is 12.2. The van der Waals surface area contributed by atoms with Crippen molar-refractivity contribution in [3.8, 4) is 6.07 Å². The van der Waals surface area contributed by atoms with E-state index in [0.29, 0.717) is 10.6 Å². The van der Waals surface area contributed by atoms with Crippen LogP contribution in [0.15, 0.2) is 6.33 Å². The number of aromatic nitrogens is 3. The van der Waals surface area contributed by atoms with Crippen molar-refractivity contribution in [2.75, 3.05) is 11.9 Å². The molecule has 1 aliphatic rings. The number of nitriles is 1. The molecule has 8 nitrogen and oxygen atoms in total. The molecule has 0 aliphatic heterocycles. The first kappa shape index (κ1) is 16.1. The van der Waals surface area contributed by atoms with Crippen molar-refractivity contribution in [2.45, 2.75) is 32.7 Å². The van der Waals surface area contributed by atoms with Crippen LogP contribution in [0.4, 0.5) is 5.00 Å². The molecular formula is C15H15N5O3S. The van der Waals surface area contributed by atoms with Gasteiger partial charge in [-0.3, -0.25) is 4.79 Å². The summed E-state index contributed by atoms with van der Waals surface area (Å²) < 4.78 is 6.40. The number of ether oxygens (including phenoxy) is 1. The van der Waals surface area contributed by atoms with Crippen molar-refractivity contribution in [3.63, 3.8) is 0 Å². The standard InChI is InChI=1S/C15H15N5O3S/c1-2-23-15(22)13-9-4-3-5-10(9)24-14(13)18-12(21)7-20-8-17-11(6-16)19-20/h8H,2-5,7H2,1H3,(H,18,21). The summed E-state index contributed by atoms with van der Waals surface area (Å²) in [6.07, 6.45) is 4.07. The highest BCUT2D eigenvalue weighted by Gasteiger charge is 2.28. The fraction of sp³-hybridized carbons (Fsp3) is 0.400. The molecule has 0 radical (unpaired) electrons. The highest BCUT2D eigenvalue weighted by atomic mass is 32.1. The summed E-state index contributed by atoms with van der Waals surface area (Å²) in [5.41, 5.74) is 1.46. The second kappa shape index (κ2) is 6.80. The molecule has 0 saturated carbocycles. The van der Waals surface area contributed by atoms with E-state index in [2.05, 4.69) is 15.4 Å². The van der Waals surface area contributed by atoms with Gasteiger partial charge in [0.1, 0.15) is 23.9 Å². The summed E-state index contributed by atoms with van der Waals surface area (Å²) in [7, 11) is 0. The van der Waals surface area contributed by atoms with Crippen LogP contribution in [0.2, 0.25) is 0 Å². The Labute approximate surface area is 142 Å². The van der Waals surface area contributed by atoms with Crippen LogP contribution in [-0.2, 0) is 28.9 Å². The molecular weight excluding hydrogens is 330 g/mol. The van der Waals surface area contributed by atoms with E-state index in [1.165, 1.54) is 22.3 Å². The van der Waals surface area contributed by atoms with Gasteiger partial charge < -0.3 is 10.1 Å². The third-order valence-electron chi connectivity index (χ3n) is 3.60. The van der Waals surface area contributed by atoms with Crippen LogP contribution < -0.4 is 5.32 Å². The van der Waals surface area contributed by atoms with Gasteiger partial charge in [-0.2, -0.15) is 5.26 Å². The fourth-order valence-electron chi connectivity index (χ4n) is 2.65. The molecule has 9 heteroatoms. The summed E-state index contributed by atoms with van der Waals surface area (Å²) in [5, 5.41) is 15.8. The predicted molar refractivity (Wildman–Crippen MR) is 85.7 cm³/mol. The van der Waals surface area contributed by atoms with Crippen molar-refractivity contribution >= 4 is 28.2 Å². The molecule has 1 amide bonds. The number of aryl methyl sites for hydroxylation is 1. The SMILES string of the molecule is CCOC(=O)c1c(NC(=O)Cn2cnc(C#N)n2)sc2c1CCC2. The first-order valence-electron chi connectivity index (χ1n) is 7.53. The highest BCUT2D eigenvalue weighted by Crippen LogP contribution is 2.39. The molecule has 0 atom stereocenters. The average Bonchev–Trinajstić information content (AvgIpc) is 3.22. The van der Waals surface area contributed by atoms with Gasteiger partial charge in [0.15, 0.2) is 0 Å². The van der Waals surface area contributed by atoms with E-state index in [0.717, 1.165) is 29.7 Å². The molecule has 0 unspecified atom stereocenters. The maximum Gasteiger partial charge on any atom is 0.341 e. The summed E-state index contributed by atoms with van der Waals surface area (Å²) in [6, 6.07) is 1.80. The van der Waals surface area contributed by atoms with Gasteiger partial charge in [-0.05, 0) is 31.7 Å². The Bertz CT molecular complexity index is 833. The average molecular weight is 345 g/mol. The largest absolute Gasteiger partial charge is 0.462 e. The monoisotopic (exact) mass is 345 g/mol. The smallest absolute Gasteiger partial charge is 0.341 e. The normalized spacial score (nSPS) is 12.5. The molecule has 1 N–H and O–H groups in total. The Balaban J connectivity index is 1.78. The maximum absolute atomic E-state index is 12.2. The molecule has 0 fully saturated rings. The lowest BCUT2D eigenvalue weighted by Crippen LogP contribution is -2.20. The predicted octanol–water partition coefficient (Wildman–Crippen LogP) is 1.52. The number of thiophene rings is 1. The number of carbonyl (C=O) groups is 2. The lowest BCUT2D eigenvalue weighted by atomic mass is 10.1. The summed E-state index contributed by atoms with van der Waals surface area (Å²) >= 11 is 1.42. The Kier molecular flexibility index (Phi) is 4.57. The zero-order valence-electron chi connectivity index (χ0n) is 13.0. The first-order valence-corrected chi connectivity index (χ1v) is 8.35. The number of nitrogens with one attached hydrogen (secondary N) is 1. The second-order valence-electron chi connectivity index (χ2n) is 5.21. The third kappa shape index (κ3) is 3.14. The van der Waals surface area contributed by atoms with Gasteiger partial charge in [0, 0.05) is 4.88 Å². The molecule has 3 rings (SSSR count). The molecule has 24 heavy (non-hydrogen) atoms. The molecule has 2 aromatic heterocycles. The molecule has 0 saturated heterocycles. The first-order chi connectivity index (χ1) is 11.6. The Morgan fingerprint density at radius 1 is 1.50 bits per heavy atom. The van der Waals surface area contributed by atoms with Crippen molar-refractivity contribution in [1.29, 1.82) is 5.26 Å². The van der Waals surface area contributed by atoms with E-state index in [9.17, 15) is 9.59 Å². The third-order valence-corrected chi connectivity index (χ3v) is 4.80. The number of hydrogen-bond acceptors (Lipinski definition) is 7. The molecule has 2 aromatic rings. The molecule has 124 valence electrons. The van der Waals surface area contributed by atoms with Gasteiger partial charge in [0.05, 0.1) is 12.2 Å². The molecule has 0 bridgehead atoms. The van der Waals surface area contributed by atoms with Crippen LogP contribution in [0.25, 0.3) is 0 Å². The summed E-state index contributed by atoms with van der Waals surface area (Å²) in [4.78, 5) is 29.3. The van der Waals surface area contributed by atoms with Gasteiger partial charge in [-0.15, -0.1) is 16.4 Å². The minimum atomic E-state index is -0.403. The van der Waals surface area contributed by atoms with Crippen LogP contribution in [-0.4, -0.2) is 33.2 Å². The highest BCUT2D eigenvalue weighted by molar-refractivity contribution is 7.17. The number of nitrogens with zero attached hydrogens (tertiary/aromatic N) is 4. The minimum absolute atomic E-state index is 0.00473. The van der Waals surface area contributed by atoms with E-state index in [-0.39, 0.29) is 24.9 Å². The van der Waals surface area contributed by atoms with Gasteiger partial charge in [0.2, 0.25) is 5.91 Å². The van der Waals surface area contributed by atoms with Gasteiger partial charge in [-0.1, -0.05) is 0 Å². The van der Waals surface area contributed by atoms with Crippen LogP contribution in [0, 0.1) is 11.3 Å². The number of hydrogen-bond donors (Lipinski definition) is 1. The number of carbonyl (C=O) groups excluding carboxylic acids is 2. The Morgan fingerprint density at radius 3 is 3.04 bits per heavy atom. The van der Waals surface area contributed by atoms with Crippen LogP contribution in [0.5, 0.6) is 0 Å². The number of rotatable bonds is 5. The molecule has 0 spiro atoms. The van der Waals surface area contributed by atoms with Crippen LogP contribution in [0.1, 0.15) is 40.0 Å².